The molecule has 0 aromatic carbocycles. The van der Waals surface area contributed by atoms with Gasteiger partial charge in [0.2, 0.25) is 0 Å². The van der Waals surface area contributed by atoms with Crippen LogP contribution in [0.5, 0.6) is 0 Å². The van der Waals surface area contributed by atoms with Gasteiger partial charge in [-0.3, -0.25) is 4.40 Å². The second kappa shape index (κ2) is 4.98. The average molecular weight is 303 g/mol. The van der Waals surface area contributed by atoms with Crippen LogP contribution in [0.1, 0.15) is 33.1 Å². The fraction of sp³-hybridized carbons (Fsp3) is 0.400. The number of aryl methyl sites for hydroxylation is 3. The van der Waals surface area contributed by atoms with Crippen LogP contribution in [0.15, 0.2) is 17.6 Å². The lowest BCUT2D eigenvalue weighted by atomic mass is 10.2. The molecule has 0 amide bonds. The molecule has 1 N–H and O–H groups in total. The Morgan fingerprint density at radius 3 is 3.20 bits per heavy atom. The Bertz CT molecular complexity index is 729. The number of aromatic nitrogens is 2. The SMILES string of the molecule is Cc1nc2sccn2c1CNCc1cc2c(s1)CCC2. The van der Waals surface area contributed by atoms with Crippen LogP contribution < -0.4 is 5.32 Å². The van der Waals surface area contributed by atoms with Gasteiger partial charge in [0.15, 0.2) is 4.96 Å². The molecule has 1 aliphatic carbocycles. The normalized spacial score (nSPS) is 14.2. The van der Waals surface area contributed by atoms with E-state index in [9.17, 15) is 0 Å². The topological polar surface area (TPSA) is 29.3 Å². The zero-order valence-electron chi connectivity index (χ0n) is 11.5. The van der Waals surface area contributed by atoms with Gasteiger partial charge >= 0.3 is 0 Å². The predicted molar refractivity (Wildman–Crippen MR) is 84.7 cm³/mol. The van der Waals surface area contributed by atoms with Gasteiger partial charge in [0.1, 0.15) is 0 Å². The zero-order chi connectivity index (χ0) is 13.5. The van der Waals surface area contributed by atoms with Gasteiger partial charge in [0.05, 0.1) is 11.4 Å². The predicted octanol–water partition coefficient (Wildman–Crippen LogP) is 3.54. The molecule has 0 fully saturated rings. The average Bonchev–Trinajstić information content (AvgIpc) is 3.11. The third-order valence-electron chi connectivity index (χ3n) is 3.95. The lowest BCUT2D eigenvalue weighted by Gasteiger charge is -2.03. The molecule has 0 atom stereocenters. The quantitative estimate of drug-likeness (QED) is 0.799. The van der Waals surface area contributed by atoms with Crippen molar-refractivity contribution in [3.05, 3.63) is 44.3 Å². The molecule has 0 unspecified atom stereocenters. The number of thiazole rings is 1. The molecular weight excluding hydrogens is 286 g/mol. The molecule has 3 nitrogen and oxygen atoms in total. The standard InChI is InChI=1S/C15H17N3S2/c1-10-13(18-5-6-19-15(18)17-10)9-16-8-12-7-11-3-2-4-14(11)20-12/h5-7,16H,2-4,8-9H2,1H3. The first-order chi connectivity index (χ1) is 9.81. The highest BCUT2D eigenvalue weighted by Gasteiger charge is 2.15. The third kappa shape index (κ3) is 2.10. The summed E-state index contributed by atoms with van der Waals surface area (Å²) in [5.41, 5.74) is 4.01. The second-order valence-corrected chi connectivity index (χ2v) is 7.41. The molecule has 20 heavy (non-hydrogen) atoms. The Kier molecular flexibility index (Phi) is 3.13. The maximum absolute atomic E-state index is 4.58. The Morgan fingerprint density at radius 2 is 2.30 bits per heavy atom. The number of fused-ring (bicyclic) bond motifs is 2. The molecule has 3 heterocycles. The van der Waals surface area contributed by atoms with Crippen LogP contribution in [0.4, 0.5) is 0 Å². The van der Waals surface area contributed by atoms with Crippen molar-refractivity contribution in [1.29, 1.82) is 0 Å². The van der Waals surface area contributed by atoms with Gasteiger partial charge in [-0.05, 0) is 37.8 Å². The molecule has 4 rings (SSSR count). The summed E-state index contributed by atoms with van der Waals surface area (Å²) in [5.74, 6) is 0. The van der Waals surface area contributed by atoms with Gasteiger partial charge in [-0.15, -0.1) is 22.7 Å². The highest BCUT2D eigenvalue weighted by atomic mass is 32.1. The van der Waals surface area contributed by atoms with Crippen molar-refractivity contribution in [3.63, 3.8) is 0 Å². The lowest BCUT2D eigenvalue weighted by Crippen LogP contribution is -2.14. The maximum Gasteiger partial charge on any atom is 0.194 e. The smallest absolute Gasteiger partial charge is 0.194 e. The highest BCUT2D eigenvalue weighted by molar-refractivity contribution is 7.15. The van der Waals surface area contributed by atoms with E-state index in [4.69, 9.17) is 0 Å². The number of nitrogens with one attached hydrogen (secondary N) is 1. The van der Waals surface area contributed by atoms with Crippen LogP contribution in [0.25, 0.3) is 4.96 Å². The molecule has 5 heteroatoms. The van der Waals surface area contributed by atoms with Crippen molar-refractivity contribution >= 4 is 27.6 Å². The zero-order valence-corrected chi connectivity index (χ0v) is 13.1. The number of thiophene rings is 1. The summed E-state index contributed by atoms with van der Waals surface area (Å²) in [4.78, 5) is 8.76. The van der Waals surface area contributed by atoms with E-state index in [1.54, 1.807) is 21.8 Å². The maximum atomic E-state index is 4.58. The Labute approximate surface area is 126 Å². The lowest BCUT2D eigenvalue weighted by molar-refractivity contribution is 0.678. The van der Waals surface area contributed by atoms with Crippen LogP contribution in [0.3, 0.4) is 0 Å². The molecule has 104 valence electrons. The number of nitrogens with zero attached hydrogens (tertiary/aromatic N) is 2. The monoisotopic (exact) mass is 303 g/mol. The van der Waals surface area contributed by atoms with Crippen molar-refractivity contribution in [2.24, 2.45) is 0 Å². The summed E-state index contributed by atoms with van der Waals surface area (Å²) in [6.45, 7) is 3.94. The van der Waals surface area contributed by atoms with Crippen LogP contribution in [0.2, 0.25) is 0 Å². The van der Waals surface area contributed by atoms with E-state index in [1.807, 2.05) is 11.3 Å². The molecule has 0 saturated heterocycles. The number of imidazole rings is 1. The number of rotatable bonds is 4. The van der Waals surface area contributed by atoms with E-state index in [1.165, 1.54) is 29.8 Å². The fourth-order valence-corrected chi connectivity index (χ4v) is 4.94. The first kappa shape index (κ1) is 12.6. The Balaban J connectivity index is 1.45. The second-order valence-electron chi connectivity index (χ2n) is 5.32. The molecule has 0 saturated carbocycles. The van der Waals surface area contributed by atoms with Crippen LogP contribution in [-0.2, 0) is 25.9 Å². The van der Waals surface area contributed by atoms with Crippen LogP contribution >= 0.6 is 22.7 Å². The van der Waals surface area contributed by atoms with Gasteiger partial charge in [0, 0.05) is 34.4 Å². The minimum absolute atomic E-state index is 0.881. The first-order valence-electron chi connectivity index (χ1n) is 7.03. The van der Waals surface area contributed by atoms with Crippen LogP contribution in [0, 0.1) is 6.92 Å². The Morgan fingerprint density at radius 1 is 1.35 bits per heavy atom. The molecule has 0 aliphatic heterocycles. The summed E-state index contributed by atoms with van der Waals surface area (Å²) in [7, 11) is 0. The molecule has 0 bridgehead atoms. The van der Waals surface area contributed by atoms with E-state index in [0.717, 1.165) is 23.7 Å². The van der Waals surface area contributed by atoms with E-state index < -0.39 is 0 Å². The largest absolute Gasteiger partial charge is 0.306 e. The molecular formula is C15H17N3S2. The number of hydrogen-bond donors (Lipinski definition) is 1. The molecule has 1 aliphatic rings. The molecule has 0 spiro atoms. The minimum Gasteiger partial charge on any atom is -0.306 e. The van der Waals surface area contributed by atoms with Crippen molar-refractivity contribution < 1.29 is 0 Å². The Hall–Kier alpha value is -1.17. The molecule has 3 aromatic heterocycles. The fourth-order valence-electron chi connectivity index (χ4n) is 2.94. The van der Waals surface area contributed by atoms with E-state index in [2.05, 4.69) is 39.3 Å². The van der Waals surface area contributed by atoms with Crippen LogP contribution in [-0.4, -0.2) is 9.38 Å². The summed E-state index contributed by atoms with van der Waals surface area (Å²) in [6.07, 6.45) is 6.02. The van der Waals surface area contributed by atoms with E-state index in [-0.39, 0.29) is 0 Å². The number of hydrogen-bond acceptors (Lipinski definition) is 4. The van der Waals surface area contributed by atoms with E-state index in [0.29, 0.717) is 0 Å². The van der Waals surface area contributed by atoms with Gasteiger partial charge in [-0.1, -0.05) is 0 Å². The summed E-state index contributed by atoms with van der Waals surface area (Å²) in [6, 6.07) is 2.39. The van der Waals surface area contributed by atoms with Gasteiger partial charge in [-0.25, -0.2) is 4.98 Å². The molecule has 3 aromatic rings. The van der Waals surface area contributed by atoms with Crippen molar-refractivity contribution in [2.75, 3.05) is 0 Å². The van der Waals surface area contributed by atoms with Crippen molar-refractivity contribution in [2.45, 2.75) is 39.3 Å². The van der Waals surface area contributed by atoms with Gasteiger partial charge < -0.3 is 5.32 Å². The highest BCUT2D eigenvalue weighted by Crippen LogP contribution is 2.30. The molecule has 0 radical (unpaired) electrons. The third-order valence-corrected chi connectivity index (χ3v) is 5.94. The summed E-state index contributed by atoms with van der Waals surface area (Å²) >= 11 is 3.68. The van der Waals surface area contributed by atoms with E-state index >= 15 is 0 Å². The first-order valence-corrected chi connectivity index (χ1v) is 8.73. The van der Waals surface area contributed by atoms with Crippen molar-refractivity contribution in [3.8, 4) is 0 Å². The van der Waals surface area contributed by atoms with Gasteiger partial charge in [-0.2, -0.15) is 0 Å². The summed E-state index contributed by atoms with van der Waals surface area (Å²) < 4.78 is 2.20. The minimum atomic E-state index is 0.881. The van der Waals surface area contributed by atoms with Gasteiger partial charge in [0.25, 0.3) is 0 Å². The summed E-state index contributed by atoms with van der Waals surface area (Å²) in [5, 5.41) is 5.66. The van der Waals surface area contributed by atoms with Crippen molar-refractivity contribution in [1.82, 2.24) is 14.7 Å².